The highest BCUT2D eigenvalue weighted by molar-refractivity contribution is 7.88. The number of fused-ring (bicyclic) bond motifs is 1. The van der Waals surface area contributed by atoms with Crippen LogP contribution < -0.4 is 10.3 Å². The van der Waals surface area contributed by atoms with Crippen LogP contribution in [0.2, 0.25) is 0 Å². The molecule has 2 N–H and O–H groups in total. The Morgan fingerprint density at radius 3 is 2.46 bits per heavy atom. The molecule has 0 radical (unpaired) electrons. The fourth-order valence-electron chi connectivity index (χ4n) is 2.74. The molecule has 5 nitrogen and oxygen atoms in total. The van der Waals surface area contributed by atoms with Gasteiger partial charge in [0, 0.05) is 12.1 Å². The summed E-state index contributed by atoms with van der Waals surface area (Å²) in [6.07, 6.45) is 0. The fraction of sp³-hybridized carbons (Fsp3) is 0.211. The Labute approximate surface area is 150 Å². The Morgan fingerprint density at radius 1 is 1.08 bits per heavy atom. The van der Waals surface area contributed by atoms with E-state index >= 15 is 0 Å². The summed E-state index contributed by atoms with van der Waals surface area (Å²) in [6.45, 7) is 3.78. The van der Waals surface area contributed by atoms with Gasteiger partial charge in [-0.25, -0.2) is 17.5 Å². The van der Waals surface area contributed by atoms with Crippen LogP contribution in [-0.2, 0) is 22.3 Å². The molecule has 3 aromatic rings. The molecule has 0 spiro atoms. The van der Waals surface area contributed by atoms with Gasteiger partial charge in [0.15, 0.2) is 0 Å². The van der Waals surface area contributed by atoms with Gasteiger partial charge in [0.1, 0.15) is 5.82 Å². The maximum atomic E-state index is 12.9. The summed E-state index contributed by atoms with van der Waals surface area (Å²) in [5.41, 5.74) is 3.30. The Balaban J connectivity index is 1.80. The summed E-state index contributed by atoms with van der Waals surface area (Å²) in [5.74, 6) is -0.704. The monoisotopic (exact) mass is 374 g/mol. The van der Waals surface area contributed by atoms with Gasteiger partial charge in [0.05, 0.1) is 11.3 Å². The van der Waals surface area contributed by atoms with E-state index in [0.717, 1.165) is 22.0 Å². The van der Waals surface area contributed by atoms with Crippen LogP contribution >= 0.6 is 0 Å². The Bertz CT molecular complexity index is 1120. The number of halogens is 1. The molecule has 0 fully saturated rings. The van der Waals surface area contributed by atoms with Gasteiger partial charge in [0.25, 0.3) is 5.56 Å². The third kappa shape index (κ3) is 4.00. The molecule has 0 aliphatic carbocycles. The van der Waals surface area contributed by atoms with Crippen molar-refractivity contribution in [1.29, 1.82) is 0 Å². The molecule has 7 heteroatoms. The van der Waals surface area contributed by atoms with Gasteiger partial charge < -0.3 is 4.98 Å². The van der Waals surface area contributed by atoms with Crippen molar-refractivity contribution in [3.05, 3.63) is 80.9 Å². The van der Waals surface area contributed by atoms with Crippen molar-refractivity contribution in [3.8, 4) is 0 Å². The first-order valence-corrected chi connectivity index (χ1v) is 9.74. The van der Waals surface area contributed by atoms with Crippen molar-refractivity contribution in [3.63, 3.8) is 0 Å². The smallest absolute Gasteiger partial charge is 0.252 e. The number of rotatable bonds is 5. The third-order valence-electron chi connectivity index (χ3n) is 4.38. The average Bonchev–Trinajstić information content (AvgIpc) is 2.59. The highest BCUT2D eigenvalue weighted by atomic mass is 32.2. The fourth-order valence-corrected chi connectivity index (χ4v) is 3.85. The van der Waals surface area contributed by atoms with Gasteiger partial charge in [-0.3, -0.25) is 4.79 Å². The number of H-pyrrole nitrogens is 1. The number of nitrogens with one attached hydrogen (secondary N) is 2. The first-order valence-electron chi connectivity index (χ1n) is 8.09. The maximum absolute atomic E-state index is 12.9. The lowest BCUT2D eigenvalue weighted by molar-refractivity contribution is 0.580. The minimum Gasteiger partial charge on any atom is -0.321 e. The van der Waals surface area contributed by atoms with E-state index in [1.165, 1.54) is 24.3 Å². The van der Waals surface area contributed by atoms with Crippen LogP contribution in [-0.4, -0.2) is 13.4 Å². The summed E-state index contributed by atoms with van der Waals surface area (Å²) in [6, 6.07) is 10.8. The third-order valence-corrected chi connectivity index (χ3v) is 5.68. The zero-order chi connectivity index (χ0) is 18.9. The van der Waals surface area contributed by atoms with Gasteiger partial charge in [-0.2, -0.15) is 0 Å². The molecule has 0 aliphatic heterocycles. The zero-order valence-electron chi connectivity index (χ0n) is 14.5. The predicted molar refractivity (Wildman–Crippen MR) is 99.9 cm³/mol. The molecule has 0 amide bonds. The van der Waals surface area contributed by atoms with Gasteiger partial charge >= 0.3 is 0 Å². The molecule has 0 atom stereocenters. The van der Waals surface area contributed by atoms with Crippen molar-refractivity contribution in [2.75, 3.05) is 0 Å². The van der Waals surface area contributed by atoms with Crippen molar-refractivity contribution in [2.24, 2.45) is 0 Å². The quantitative estimate of drug-likeness (QED) is 0.721. The molecule has 0 bridgehead atoms. The van der Waals surface area contributed by atoms with Crippen LogP contribution in [0.15, 0.2) is 47.3 Å². The van der Waals surface area contributed by atoms with E-state index in [1.807, 2.05) is 26.0 Å². The van der Waals surface area contributed by atoms with Crippen LogP contribution in [0.5, 0.6) is 0 Å². The lowest BCUT2D eigenvalue weighted by Crippen LogP contribution is -2.28. The second kappa shape index (κ2) is 7.01. The first-order chi connectivity index (χ1) is 12.2. The molecule has 0 saturated heterocycles. The number of pyridine rings is 1. The summed E-state index contributed by atoms with van der Waals surface area (Å²) in [4.78, 5) is 15.1. The second-order valence-electron chi connectivity index (χ2n) is 6.30. The molecule has 1 heterocycles. The van der Waals surface area contributed by atoms with Crippen molar-refractivity contribution < 1.29 is 12.8 Å². The van der Waals surface area contributed by atoms with E-state index in [1.54, 1.807) is 6.07 Å². The number of benzene rings is 2. The minimum atomic E-state index is -3.66. The molecule has 2 aromatic carbocycles. The van der Waals surface area contributed by atoms with Gasteiger partial charge in [-0.05, 0) is 54.1 Å². The molecule has 136 valence electrons. The summed E-state index contributed by atoms with van der Waals surface area (Å²) < 4.78 is 39.8. The van der Waals surface area contributed by atoms with Crippen molar-refractivity contribution in [2.45, 2.75) is 26.1 Å². The molecule has 0 aliphatic rings. The largest absolute Gasteiger partial charge is 0.321 e. The standard InChI is InChI=1S/C19H19FN2O3S/c1-12-3-6-15-9-16(19(23)22-18(15)13(12)2)10-21-26(24,25)11-14-4-7-17(20)8-5-14/h3-9,21H,10-11H2,1-2H3,(H,22,23). The second-order valence-corrected chi connectivity index (χ2v) is 8.11. The van der Waals surface area contributed by atoms with Gasteiger partial charge in [0.2, 0.25) is 10.0 Å². The summed E-state index contributed by atoms with van der Waals surface area (Å²) in [7, 11) is -3.66. The van der Waals surface area contributed by atoms with E-state index in [-0.39, 0.29) is 17.9 Å². The Kier molecular flexibility index (Phi) is 4.93. The highest BCUT2D eigenvalue weighted by Gasteiger charge is 2.13. The molecule has 3 rings (SSSR count). The number of hydrogen-bond acceptors (Lipinski definition) is 3. The van der Waals surface area contributed by atoms with E-state index in [0.29, 0.717) is 11.1 Å². The zero-order valence-corrected chi connectivity index (χ0v) is 15.3. The van der Waals surface area contributed by atoms with Crippen LogP contribution in [0, 0.1) is 19.7 Å². The number of hydrogen-bond donors (Lipinski definition) is 2. The lowest BCUT2D eigenvalue weighted by Gasteiger charge is -2.09. The molecule has 0 saturated carbocycles. The van der Waals surface area contributed by atoms with Gasteiger partial charge in [-0.1, -0.05) is 24.3 Å². The number of aryl methyl sites for hydroxylation is 2. The topological polar surface area (TPSA) is 79.0 Å². The molecule has 1 aromatic heterocycles. The Morgan fingerprint density at radius 2 is 1.77 bits per heavy atom. The van der Waals surface area contributed by atoms with Crippen molar-refractivity contribution >= 4 is 20.9 Å². The van der Waals surface area contributed by atoms with Crippen molar-refractivity contribution in [1.82, 2.24) is 9.71 Å². The predicted octanol–water partition coefficient (Wildman–Crippen LogP) is 2.90. The van der Waals surface area contributed by atoms with E-state index in [9.17, 15) is 17.6 Å². The number of aromatic amines is 1. The lowest BCUT2D eigenvalue weighted by atomic mass is 10.0. The van der Waals surface area contributed by atoms with Crippen LogP contribution in [0.1, 0.15) is 22.3 Å². The first kappa shape index (κ1) is 18.3. The maximum Gasteiger partial charge on any atom is 0.252 e. The normalized spacial score (nSPS) is 11.8. The van der Waals surface area contributed by atoms with Crippen LogP contribution in [0.3, 0.4) is 0 Å². The molecular weight excluding hydrogens is 355 g/mol. The summed E-state index contributed by atoms with van der Waals surface area (Å²) >= 11 is 0. The number of aromatic nitrogens is 1. The van der Waals surface area contributed by atoms with E-state index < -0.39 is 15.8 Å². The van der Waals surface area contributed by atoms with Crippen LogP contribution in [0.25, 0.3) is 10.9 Å². The van der Waals surface area contributed by atoms with Crippen LogP contribution in [0.4, 0.5) is 4.39 Å². The molecule has 0 unspecified atom stereocenters. The highest BCUT2D eigenvalue weighted by Crippen LogP contribution is 2.19. The minimum absolute atomic E-state index is 0.109. The van der Waals surface area contributed by atoms with E-state index in [4.69, 9.17) is 0 Å². The average molecular weight is 374 g/mol. The Hall–Kier alpha value is -2.51. The number of sulfonamides is 1. The van der Waals surface area contributed by atoms with Gasteiger partial charge in [-0.15, -0.1) is 0 Å². The molecule has 26 heavy (non-hydrogen) atoms. The summed E-state index contributed by atoms with van der Waals surface area (Å²) in [5, 5.41) is 0.848. The molecular formula is C19H19FN2O3S. The van der Waals surface area contributed by atoms with E-state index in [2.05, 4.69) is 9.71 Å². The SMILES string of the molecule is Cc1ccc2cc(CNS(=O)(=O)Cc3ccc(F)cc3)c(=O)[nH]c2c1C.